The van der Waals surface area contributed by atoms with Crippen molar-refractivity contribution in [2.45, 2.75) is 6.92 Å². The lowest BCUT2D eigenvalue weighted by Gasteiger charge is -2.13. The van der Waals surface area contributed by atoms with Crippen LogP contribution < -0.4 is 0 Å². The first-order valence-electron chi connectivity index (χ1n) is 7.25. The summed E-state index contributed by atoms with van der Waals surface area (Å²) in [7, 11) is 0. The van der Waals surface area contributed by atoms with E-state index in [9.17, 15) is 20.0 Å². The van der Waals surface area contributed by atoms with E-state index in [1.165, 1.54) is 12.1 Å². The SMILES string of the molecule is Cc1cc(C(=O)O)c(-c2ccccc2)n1-c1ccc([N+](=O)[O-])cc1. The molecule has 120 valence electrons. The first-order chi connectivity index (χ1) is 11.5. The number of hydrogen-bond acceptors (Lipinski definition) is 3. The average Bonchev–Trinajstić information content (AvgIpc) is 2.93. The van der Waals surface area contributed by atoms with Crippen LogP contribution in [0.3, 0.4) is 0 Å². The van der Waals surface area contributed by atoms with Gasteiger partial charge in [-0.25, -0.2) is 4.79 Å². The molecule has 0 bridgehead atoms. The van der Waals surface area contributed by atoms with Gasteiger partial charge in [-0.1, -0.05) is 30.3 Å². The van der Waals surface area contributed by atoms with E-state index in [1.807, 2.05) is 30.3 Å². The monoisotopic (exact) mass is 322 g/mol. The van der Waals surface area contributed by atoms with Crippen LogP contribution in [0.25, 0.3) is 16.9 Å². The molecular formula is C18H14N2O4. The van der Waals surface area contributed by atoms with E-state index < -0.39 is 10.9 Å². The summed E-state index contributed by atoms with van der Waals surface area (Å²) in [5.74, 6) is -1.02. The van der Waals surface area contributed by atoms with Gasteiger partial charge >= 0.3 is 5.97 Å². The normalized spacial score (nSPS) is 10.5. The number of benzene rings is 2. The Morgan fingerprint density at radius 1 is 1.08 bits per heavy atom. The molecule has 0 unspecified atom stereocenters. The predicted octanol–water partition coefficient (Wildman–Crippen LogP) is 4.06. The van der Waals surface area contributed by atoms with E-state index >= 15 is 0 Å². The maximum Gasteiger partial charge on any atom is 0.337 e. The molecule has 6 heteroatoms. The lowest BCUT2D eigenvalue weighted by atomic mass is 10.1. The third kappa shape index (κ3) is 2.65. The second kappa shape index (κ2) is 6.00. The third-order valence-corrected chi connectivity index (χ3v) is 3.78. The van der Waals surface area contributed by atoms with Crippen LogP contribution >= 0.6 is 0 Å². The number of aromatic carboxylic acids is 1. The smallest absolute Gasteiger partial charge is 0.337 e. The van der Waals surface area contributed by atoms with Gasteiger partial charge in [0.1, 0.15) is 0 Å². The number of carboxylic acids is 1. The van der Waals surface area contributed by atoms with E-state index in [0.29, 0.717) is 11.4 Å². The fourth-order valence-electron chi connectivity index (χ4n) is 2.74. The van der Waals surface area contributed by atoms with E-state index in [4.69, 9.17) is 0 Å². The summed E-state index contributed by atoms with van der Waals surface area (Å²) in [5, 5.41) is 20.3. The second-order valence-electron chi connectivity index (χ2n) is 5.33. The van der Waals surface area contributed by atoms with Crippen molar-refractivity contribution < 1.29 is 14.8 Å². The van der Waals surface area contributed by atoms with Gasteiger partial charge in [0.2, 0.25) is 0 Å². The lowest BCUT2D eigenvalue weighted by Crippen LogP contribution is -2.03. The highest BCUT2D eigenvalue weighted by Gasteiger charge is 2.20. The minimum absolute atomic E-state index is 0.0109. The molecule has 1 aromatic heterocycles. The molecule has 0 radical (unpaired) electrons. The summed E-state index contributed by atoms with van der Waals surface area (Å²) in [5.41, 5.74) is 2.90. The van der Waals surface area contributed by atoms with Crippen molar-refractivity contribution in [3.05, 3.63) is 82.0 Å². The van der Waals surface area contributed by atoms with E-state index in [-0.39, 0.29) is 11.3 Å². The number of nitro groups is 1. The summed E-state index contributed by atoms with van der Waals surface area (Å²) in [4.78, 5) is 22.0. The minimum atomic E-state index is -1.02. The highest BCUT2D eigenvalue weighted by Crippen LogP contribution is 2.31. The van der Waals surface area contributed by atoms with Gasteiger partial charge in [0.15, 0.2) is 0 Å². The Labute approximate surface area is 137 Å². The fourth-order valence-corrected chi connectivity index (χ4v) is 2.74. The molecule has 3 aromatic rings. The Morgan fingerprint density at radius 2 is 1.71 bits per heavy atom. The zero-order chi connectivity index (χ0) is 17.3. The van der Waals surface area contributed by atoms with Crippen LogP contribution in [0.15, 0.2) is 60.7 Å². The maximum atomic E-state index is 11.6. The van der Waals surface area contributed by atoms with Crippen molar-refractivity contribution in [3.63, 3.8) is 0 Å². The first kappa shape index (κ1) is 15.5. The minimum Gasteiger partial charge on any atom is -0.478 e. The molecule has 0 amide bonds. The standard InChI is InChI=1S/C18H14N2O4/c1-12-11-16(18(21)22)17(13-5-3-2-4-6-13)19(12)14-7-9-15(10-8-14)20(23)24/h2-11H,1H3,(H,21,22). The lowest BCUT2D eigenvalue weighted by molar-refractivity contribution is -0.384. The number of nitrogens with zero attached hydrogens (tertiary/aromatic N) is 2. The van der Waals surface area contributed by atoms with Crippen molar-refractivity contribution in [2.24, 2.45) is 0 Å². The summed E-state index contributed by atoms with van der Waals surface area (Å²) >= 11 is 0. The molecule has 0 atom stereocenters. The molecule has 0 aliphatic rings. The third-order valence-electron chi connectivity index (χ3n) is 3.78. The Balaban J connectivity index is 2.24. The molecule has 0 saturated carbocycles. The number of aromatic nitrogens is 1. The first-order valence-corrected chi connectivity index (χ1v) is 7.25. The zero-order valence-corrected chi connectivity index (χ0v) is 12.8. The molecule has 0 fully saturated rings. The van der Waals surface area contributed by atoms with Gasteiger partial charge < -0.3 is 9.67 Å². The number of carboxylic acid groups (broad SMARTS) is 1. The van der Waals surface area contributed by atoms with Gasteiger partial charge in [-0.05, 0) is 30.7 Å². The highest BCUT2D eigenvalue weighted by atomic mass is 16.6. The molecule has 0 aliphatic heterocycles. The van der Waals surface area contributed by atoms with Crippen molar-refractivity contribution in [1.29, 1.82) is 0 Å². The van der Waals surface area contributed by atoms with E-state index in [2.05, 4.69) is 0 Å². The average molecular weight is 322 g/mol. The van der Waals surface area contributed by atoms with Gasteiger partial charge in [-0.15, -0.1) is 0 Å². The topological polar surface area (TPSA) is 85.4 Å². The largest absolute Gasteiger partial charge is 0.478 e. The summed E-state index contributed by atoms with van der Waals surface area (Å²) in [6.07, 6.45) is 0. The quantitative estimate of drug-likeness (QED) is 0.580. The van der Waals surface area contributed by atoms with Crippen LogP contribution in [0.1, 0.15) is 16.1 Å². The molecule has 24 heavy (non-hydrogen) atoms. The van der Waals surface area contributed by atoms with Gasteiger partial charge in [-0.2, -0.15) is 0 Å². The van der Waals surface area contributed by atoms with Crippen molar-refractivity contribution in [1.82, 2.24) is 4.57 Å². The van der Waals surface area contributed by atoms with Crippen LogP contribution in [0.5, 0.6) is 0 Å². The van der Waals surface area contributed by atoms with Crippen LogP contribution in [0.2, 0.25) is 0 Å². The summed E-state index contributed by atoms with van der Waals surface area (Å²) < 4.78 is 1.79. The molecule has 0 spiro atoms. The predicted molar refractivity (Wildman–Crippen MR) is 89.6 cm³/mol. The number of carbonyl (C=O) groups is 1. The highest BCUT2D eigenvalue weighted by molar-refractivity contribution is 5.96. The molecular weight excluding hydrogens is 308 g/mol. The van der Waals surface area contributed by atoms with Crippen LogP contribution in [0.4, 0.5) is 5.69 Å². The Hall–Kier alpha value is -3.41. The number of nitro benzene ring substituents is 1. The second-order valence-corrected chi connectivity index (χ2v) is 5.33. The Bertz CT molecular complexity index is 912. The van der Waals surface area contributed by atoms with Gasteiger partial charge in [-0.3, -0.25) is 10.1 Å². The van der Waals surface area contributed by atoms with Crippen molar-refractivity contribution >= 4 is 11.7 Å². The molecule has 1 N–H and O–H groups in total. The Morgan fingerprint density at radius 3 is 2.25 bits per heavy atom. The molecule has 2 aromatic carbocycles. The summed E-state index contributed by atoms with van der Waals surface area (Å²) in [6.45, 7) is 1.81. The number of non-ortho nitro benzene ring substituents is 1. The van der Waals surface area contributed by atoms with Crippen molar-refractivity contribution in [3.8, 4) is 16.9 Å². The van der Waals surface area contributed by atoms with Crippen LogP contribution in [0, 0.1) is 17.0 Å². The van der Waals surface area contributed by atoms with Crippen LogP contribution in [-0.4, -0.2) is 20.6 Å². The molecule has 0 saturated heterocycles. The Kier molecular flexibility index (Phi) is 3.87. The van der Waals surface area contributed by atoms with E-state index in [0.717, 1.165) is 11.3 Å². The molecule has 3 rings (SSSR count). The number of aryl methyl sites for hydroxylation is 1. The van der Waals surface area contributed by atoms with Gasteiger partial charge in [0.05, 0.1) is 16.2 Å². The number of rotatable bonds is 4. The molecule has 1 heterocycles. The summed E-state index contributed by atoms with van der Waals surface area (Å²) in [6, 6.07) is 16.8. The zero-order valence-electron chi connectivity index (χ0n) is 12.8. The van der Waals surface area contributed by atoms with Crippen molar-refractivity contribution in [2.75, 3.05) is 0 Å². The number of hydrogen-bond donors (Lipinski definition) is 1. The van der Waals surface area contributed by atoms with Gasteiger partial charge in [0.25, 0.3) is 5.69 Å². The maximum absolute atomic E-state index is 11.6. The molecule has 6 nitrogen and oxygen atoms in total. The molecule has 0 aliphatic carbocycles. The van der Waals surface area contributed by atoms with Gasteiger partial charge in [0, 0.05) is 23.5 Å². The van der Waals surface area contributed by atoms with Crippen LogP contribution in [-0.2, 0) is 0 Å². The fraction of sp³-hybridized carbons (Fsp3) is 0.0556. The van der Waals surface area contributed by atoms with E-state index in [1.54, 1.807) is 29.7 Å².